The minimum Gasteiger partial charge on any atom is -0.484 e. The third-order valence-corrected chi connectivity index (χ3v) is 3.97. The van der Waals surface area contributed by atoms with Gasteiger partial charge in [0.25, 0.3) is 11.1 Å². The van der Waals surface area contributed by atoms with E-state index in [0.29, 0.717) is 16.9 Å². The molecule has 128 valence electrons. The molecule has 0 radical (unpaired) electrons. The van der Waals surface area contributed by atoms with Crippen LogP contribution in [0, 0.1) is 6.92 Å². The maximum atomic E-state index is 11.9. The smallest absolute Gasteiger partial charge is 0.277 e. The number of aryl methyl sites for hydroxylation is 1. The lowest BCUT2D eigenvalue weighted by atomic mass is 10.2. The summed E-state index contributed by atoms with van der Waals surface area (Å²) in [5.41, 5.74) is 1.03. The van der Waals surface area contributed by atoms with E-state index in [1.807, 2.05) is 31.2 Å². The summed E-state index contributed by atoms with van der Waals surface area (Å²) in [6.45, 7) is 2.14. The normalized spacial score (nSPS) is 10.4. The van der Waals surface area contributed by atoms with Crippen LogP contribution in [0.3, 0.4) is 0 Å². The molecular formula is C17H16N4O3S. The van der Waals surface area contributed by atoms with Gasteiger partial charge >= 0.3 is 0 Å². The molecule has 1 aromatic carbocycles. The van der Waals surface area contributed by atoms with Gasteiger partial charge in [-0.05, 0) is 30.7 Å². The lowest BCUT2D eigenvalue weighted by molar-refractivity contribution is -0.113. The van der Waals surface area contributed by atoms with Crippen LogP contribution in [0.15, 0.2) is 58.3 Å². The van der Waals surface area contributed by atoms with Crippen LogP contribution in [0.25, 0.3) is 0 Å². The van der Waals surface area contributed by atoms with Gasteiger partial charge in [0.1, 0.15) is 11.6 Å². The van der Waals surface area contributed by atoms with Crippen molar-refractivity contribution in [1.82, 2.24) is 15.2 Å². The van der Waals surface area contributed by atoms with Gasteiger partial charge in [-0.2, -0.15) is 0 Å². The highest BCUT2D eigenvalue weighted by molar-refractivity contribution is 7.99. The van der Waals surface area contributed by atoms with Gasteiger partial charge < -0.3 is 14.5 Å². The predicted molar refractivity (Wildman–Crippen MR) is 93.4 cm³/mol. The summed E-state index contributed by atoms with van der Waals surface area (Å²) >= 11 is 1.16. The van der Waals surface area contributed by atoms with Gasteiger partial charge in [0, 0.05) is 6.20 Å². The summed E-state index contributed by atoms with van der Waals surface area (Å²) in [6.07, 6.45) is 1.61. The molecule has 7 nitrogen and oxygen atoms in total. The van der Waals surface area contributed by atoms with Crippen molar-refractivity contribution in [2.24, 2.45) is 0 Å². The van der Waals surface area contributed by atoms with Gasteiger partial charge in [0.2, 0.25) is 5.91 Å². The summed E-state index contributed by atoms with van der Waals surface area (Å²) in [7, 11) is 0. The second-order valence-corrected chi connectivity index (χ2v) is 5.99. The molecule has 0 saturated heterocycles. The zero-order valence-electron chi connectivity index (χ0n) is 13.5. The third kappa shape index (κ3) is 5.05. The Bertz CT molecular complexity index is 839. The average Bonchev–Trinajstić information content (AvgIpc) is 3.08. The van der Waals surface area contributed by atoms with Crippen molar-refractivity contribution in [3.05, 3.63) is 60.1 Å². The van der Waals surface area contributed by atoms with Crippen molar-refractivity contribution in [3.63, 3.8) is 0 Å². The van der Waals surface area contributed by atoms with Crippen LogP contribution in [0.2, 0.25) is 0 Å². The van der Waals surface area contributed by atoms with Crippen LogP contribution in [0.4, 0.5) is 5.82 Å². The van der Waals surface area contributed by atoms with E-state index in [0.717, 1.165) is 23.1 Å². The van der Waals surface area contributed by atoms with Crippen molar-refractivity contribution in [3.8, 4) is 5.75 Å². The first-order valence-electron chi connectivity index (χ1n) is 7.55. The first-order valence-corrected chi connectivity index (χ1v) is 8.54. The largest absolute Gasteiger partial charge is 0.484 e. The van der Waals surface area contributed by atoms with E-state index >= 15 is 0 Å². The minimum absolute atomic E-state index is 0.150. The molecule has 3 rings (SSSR count). The van der Waals surface area contributed by atoms with Crippen molar-refractivity contribution < 1.29 is 13.9 Å². The van der Waals surface area contributed by atoms with Crippen LogP contribution >= 0.6 is 11.8 Å². The molecule has 0 aliphatic rings. The molecule has 25 heavy (non-hydrogen) atoms. The molecule has 3 aromatic rings. The first kappa shape index (κ1) is 17.0. The SMILES string of the molecule is Cc1ccccc1OCc1nnc(SCC(=O)Nc2ccccn2)o1. The van der Waals surface area contributed by atoms with Crippen molar-refractivity contribution in [2.45, 2.75) is 18.8 Å². The van der Waals surface area contributed by atoms with Gasteiger partial charge in [-0.1, -0.05) is 36.0 Å². The Morgan fingerprint density at radius 3 is 2.84 bits per heavy atom. The molecule has 0 bridgehead atoms. The van der Waals surface area contributed by atoms with Gasteiger partial charge in [0.15, 0.2) is 6.61 Å². The van der Waals surface area contributed by atoms with Crippen LogP contribution in [-0.4, -0.2) is 26.8 Å². The zero-order valence-corrected chi connectivity index (χ0v) is 14.3. The maximum absolute atomic E-state index is 11.9. The number of para-hydroxylation sites is 1. The molecule has 2 aromatic heterocycles. The molecule has 0 saturated carbocycles. The number of pyridine rings is 1. The number of thioether (sulfide) groups is 1. The van der Waals surface area contributed by atoms with E-state index < -0.39 is 0 Å². The Morgan fingerprint density at radius 2 is 2.04 bits per heavy atom. The molecule has 1 N–H and O–H groups in total. The number of aromatic nitrogens is 3. The van der Waals surface area contributed by atoms with E-state index in [1.54, 1.807) is 24.4 Å². The highest BCUT2D eigenvalue weighted by Gasteiger charge is 2.11. The van der Waals surface area contributed by atoms with Crippen molar-refractivity contribution in [1.29, 1.82) is 0 Å². The molecule has 0 aliphatic carbocycles. The zero-order chi connectivity index (χ0) is 17.5. The molecule has 0 aliphatic heterocycles. The standard InChI is InChI=1S/C17H16N4O3S/c1-12-6-2-3-7-13(12)23-10-16-20-21-17(24-16)25-11-15(22)19-14-8-4-5-9-18-14/h2-9H,10-11H2,1H3,(H,18,19,22). The molecule has 1 amide bonds. The van der Waals surface area contributed by atoms with Gasteiger partial charge in [-0.3, -0.25) is 4.79 Å². The van der Waals surface area contributed by atoms with E-state index in [2.05, 4.69) is 20.5 Å². The van der Waals surface area contributed by atoms with Crippen molar-refractivity contribution in [2.75, 3.05) is 11.1 Å². The third-order valence-electron chi connectivity index (χ3n) is 3.15. The molecule has 0 spiro atoms. The van der Waals surface area contributed by atoms with Gasteiger partial charge in [0.05, 0.1) is 5.75 Å². The topological polar surface area (TPSA) is 90.1 Å². The molecule has 2 heterocycles. The van der Waals surface area contributed by atoms with Crippen LogP contribution in [-0.2, 0) is 11.4 Å². The maximum Gasteiger partial charge on any atom is 0.277 e. The fourth-order valence-electron chi connectivity index (χ4n) is 1.96. The van der Waals surface area contributed by atoms with Crippen LogP contribution < -0.4 is 10.1 Å². The molecule has 0 fully saturated rings. The van der Waals surface area contributed by atoms with E-state index in [-0.39, 0.29) is 18.3 Å². The number of benzene rings is 1. The molecule has 0 atom stereocenters. The fraction of sp³-hybridized carbons (Fsp3) is 0.176. The number of hydrogen-bond acceptors (Lipinski definition) is 7. The Kier molecular flexibility index (Phi) is 5.63. The summed E-state index contributed by atoms with van der Waals surface area (Å²) < 4.78 is 11.1. The highest BCUT2D eigenvalue weighted by atomic mass is 32.2. The Morgan fingerprint density at radius 1 is 1.20 bits per heavy atom. The summed E-state index contributed by atoms with van der Waals surface area (Å²) in [6, 6.07) is 13.0. The Hall–Kier alpha value is -2.87. The van der Waals surface area contributed by atoms with E-state index in [4.69, 9.17) is 9.15 Å². The first-order chi connectivity index (χ1) is 12.2. The minimum atomic E-state index is -0.195. The van der Waals surface area contributed by atoms with Crippen LogP contribution in [0.5, 0.6) is 5.75 Å². The predicted octanol–water partition coefficient (Wildman–Crippen LogP) is 3.08. The fourth-order valence-corrected chi connectivity index (χ4v) is 2.54. The number of nitrogens with zero attached hydrogens (tertiary/aromatic N) is 3. The second-order valence-electron chi connectivity index (χ2n) is 5.07. The van der Waals surface area contributed by atoms with E-state index in [1.165, 1.54) is 0 Å². The highest BCUT2D eigenvalue weighted by Crippen LogP contribution is 2.20. The van der Waals surface area contributed by atoms with Gasteiger partial charge in [-0.15, -0.1) is 10.2 Å². The number of rotatable bonds is 7. The Balaban J connectivity index is 1.47. The Labute approximate surface area is 148 Å². The van der Waals surface area contributed by atoms with E-state index in [9.17, 15) is 4.79 Å². The number of anilines is 1. The number of carbonyl (C=O) groups excluding carboxylic acids is 1. The van der Waals surface area contributed by atoms with Crippen LogP contribution in [0.1, 0.15) is 11.5 Å². The van der Waals surface area contributed by atoms with Crippen molar-refractivity contribution >= 4 is 23.5 Å². The molecular weight excluding hydrogens is 340 g/mol. The molecule has 0 unspecified atom stereocenters. The lowest BCUT2D eigenvalue weighted by Crippen LogP contribution is -2.14. The number of amides is 1. The second kappa shape index (κ2) is 8.29. The quantitative estimate of drug-likeness (QED) is 0.651. The summed E-state index contributed by atoms with van der Waals surface area (Å²) in [4.78, 5) is 15.9. The average molecular weight is 356 g/mol. The lowest BCUT2D eigenvalue weighted by Gasteiger charge is -2.05. The number of nitrogens with one attached hydrogen (secondary N) is 1. The summed E-state index contributed by atoms with van der Waals surface area (Å²) in [5.74, 6) is 1.59. The number of carbonyl (C=O) groups is 1. The monoisotopic (exact) mass is 356 g/mol. The van der Waals surface area contributed by atoms with Gasteiger partial charge in [-0.25, -0.2) is 4.98 Å². The molecule has 8 heteroatoms. The number of ether oxygens (including phenoxy) is 1. The number of hydrogen-bond donors (Lipinski definition) is 1. The summed E-state index contributed by atoms with van der Waals surface area (Å²) in [5, 5.41) is 10.8.